The highest BCUT2D eigenvalue weighted by molar-refractivity contribution is 9.10. The zero-order valence-corrected chi connectivity index (χ0v) is 11.1. The molecule has 3 heteroatoms. The second-order valence-corrected chi connectivity index (χ2v) is 5.58. The van der Waals surface area contributed by atoms with Gasteiger partial charge in [0.2, 0.25) is 0 Å². The van der Waals surface area contributed by atoms with Gasteiger partial charge in [-0.25, -0.2) is 4.39 Å². The van der Waals surface area contributed by atoms with Crippen LogP contribution in [0.25, 0.3) is 0 Å². The average molecular weight is 286 g/mol. The molecule has 1 aliphatic rings. The lowest BCUT2D eigenvalue weighted by atomic mass is 9.81. The van der Waals surface area contributed by atoms with E-state index in [1.807, 2.05) is 18.2 Å². The summed E-state index contributed by atoms with van der Waals surface area (Å²) in [6.45, 7) is 3.29. The minimum absolute atomic E-state index is 0.0694. The number of benzene rings is 1. The quantitative estimate of drug-likeness (QED) is 0.879. The fraction of sp³-hybridized carbons (Fsp3) is 0.538. The smallest absolute Gasteiger partial charge is 0.113 e. The first-order chi connectivity index (χ1) is 7.59. The molecule has 1 saturated heterocycles. The van der Waals surface area contributed by atoms with Gasteiger partial charge in [-0.2, -0.15) is 0 Å². The normalized spacial score (nSPS) is 30.3. The van der Waals surface area contributed by atoms with Crippen molar-refractivity contribution in [3.05, 3.63) is 34.3 Å². The number of hydrogen-bond donors (Lipinski definition) is 1. The van der Waals surface area contributed by atoms with Crippen LogP contribution in [0.4, 0.5) is 4.39 Å². The molecule has 0 saturated carbocycles. The van der Waals surface area contributed by atoms with Crippen LogP contribution in [0, 0.1) is 5.92 Å². The zero-order chi connectivity index (χ0) is 11.6. The van der Waals surface area contributed by atoms with Crippen LogP contribution in [0.5, 0.6) is 0 Å². The van der Waals surface area contributed by atoms with Gasteiger partial charge >= 0.3 is 0 Å². The molecular weight excluding hydrogens is 269 g/mol. The third-order valence-electron chi connectivity index (χ3n) is 3.46. The summed E-state index contributed by atoms with van der Waals surface area (Å²) in [5.74, 6) is 0.0694. The Morgan fingerprint density at radius 3 is 2.94 bits per heavy atom. The highest BCUT2D eigenvalue weighted by Gasteiger charge is 2.36. The first-order valence-electron chi connectivity index (χ1n) is 5.72. The zero-order valence-electron chi connectivity index (χ0n) is 9.47. The van der Waals surface area contributed by atoms with Crippen molar-refractivity contribution in [1.29, 1.82) is 0 Å². The van der Waals surface area contributed by atoms with Crippen molar-refractivity contribution in [2.75, 3.05) is 13.1 Å². The van der Waals surface area contributed by atoms with E-state index in [0.717, 1.165) is 24.0 Å². The summed E-state index contributed by atoms with van der Waals surface area (Å²) in [5.41, 5.74) is 0.153. The summed E-state index contributed by atoms with van der Waals surface area (Å²) < 4.78 is 15.4. The molecule has 16 heavy (non-hydrogen) atoms. The summed E-state index contributed by atoms with van der Waals surface area (Å²) in [4.78, 5) is 0. The Morgan fingerprint density at radius 1 is 1.50 bits per heavy atom. The Hall–Kier alpha value is -0.410. The van der Waals surface area contributed by atoms with E-state index < -0.39 is 5.67 Å². The van der Waals surface area contributed by atoms with Crippen LogP contribution in [0.3, 0.4) is 0 Å². The van der Waals surface area contributed by atoms with E-state index >= 15 is 0 Å². The molecule has 0 aliphatic carbocycles. The first-order valence-corrected chi connectivity index (χ1v) is 6.52. The maximum Gasteiger partial charge on any atom is 0.113 e. The van der Waals surface area contributed by atoms with Crippen molar-refractivity contribution in [2.45, 2.75) is 25.4 Å². The van der Waals surface area contributed by atoms with Crippen LogP contribution in [-0.4, -0.2) is 18.8 Å². The lowest BCUT2D eigenvalue weighted by molar-refractivity contribution is 0.0675. The summed E-state index contributed by atoms with van der Waals surface area (Å²) in [6.07, 6.45) is 1.41. The van der Waals surface area contributed by atoms with E-state index in [4.69, 9.17) is 0 Å². The van der Waals surface area contributed by atoms with E-state index in [0.29, 0.717) is 6.42 Å². The van der Waals surface area contributed by atoms with Gasteiger partial charge in [-0.3, -0.25) is 0 Å². The number of nitrogens with one attached hydrogen (secondary N) is 1. The Labute approximate surface area is 105 Å². The lowest BCUT2D eigenvalue weighted by Gasteiger charge is -2.35. The van der Waals surface area contributed by atoms with E-state index in [-0.39, 0.29) is 5.92 Å². The van der Waals surface area contributed by atoms with Crippen LogP contribution in [-0.2, 0) is 6.42 Å². The van der Waals surface area contributed by atoms with Crippen LogP contribution >= 0.6 is 15.9 Å². The van der Waals surface area contributed by atoms with Crippen LogP contribution < -0.4 is 5.32 Å². The van der Waals surface area contributed by atoms with Gasteiger partial charge in [0, 0.05) is 16.9 Å². The minimum Gasteiger partial charge on any atom is -0.316 e. The van der Waals surface area contributed by atoms with E-state index in [1.165, 1.54) is 5.56 Å². The molecule has 0 amide bonds. The fourth-order valence-corrected chi connectivity index (χ4v) is 2.69. The van der Waals surface area contributed by atoms with Gasteiger partial charge in [-0.15, -0.1) is 0 Å². The van der Waals surface area contributed by atoms with Crippen molar-refractivity contribution < 1.29 is 4.39 Å². The average Bonchev–Trinajstić information content (AvgIpc) is 2.24. The van der Waals surface area contributed by atoms with Crippen molar-refractivity contribution in [3.8, 4) is 0 Å². The molecule has 0 aromatic heterocycles. The Kier molecular flexibility index (Phi) is 3.65. The van der Waals surface area contributed by atoms with Gasteiger partial charge in [0.25, 0.3) is 0 Å². The molecule has 1 fully saturated rings. The molecule has 1 heterocycles. The van der Waals surface area contributed by atoms with Crippen LogP contribution in [0.1, 0.15) is 18.9 Å². The molecule has 2 rings (SSSR count). The monoisotopic (exact) mass is 285 g/mol. The van der Waals surface area contributed by atoms with Gasteiger partial charge in [-0.05, 0) is 37.9 Å². The standard InChI is InChI=1S/C13H17BrFN/c1-13(15)6-7-16-9-11(13)8-10-4-2-3-5-12(10)14/h2-5,11,16H,6-9H2,1H3. The molecule has 2 unspecified atom stereocenters. The fourth-order valence-electron chi connectivity index (χ4n) is 2.24. The predicted octanol–water partition coefficient (Wildman–Crippen LogP) is 3.33. The van der Waals surface area contributed by atoms with Gasteiger partial charge in [-0.1, -0.05) is 34.1 Å². The molecule has 88 valence electrons. The van der Waals surface area contributed by atoms with Gasteiger partial charge in [0.15, 0.2) is 0 Å². The molecule has 1 aliphatic heterocycles. The largest absolute Gasteiger partial charge is 0.316 e. The molecule has 1 N–H and O–H groups in total. The van der Waals surface area contributed by atoms with Crippen molar-refractivity contribution >= 4 is 15.9 Å². The maximum atomic E-state index is 14.3. The highest BCUT2D eigenvalue weighted by Crippen LogP contribution is 2.32. The van der Waals surface area contributed by atoms with E-state index in [2.05, 4.69) is 27.3 Å². The first kappa shape index (κ1) is 12.1. The maximum absolute atomic E-state index is 14.3. The second kappa shape index (κ2) is 4.84. The molecule has 1 aromatic carbocycles. The third-order valence-corrected chi connectivity index (χ3v) is 4.23. The van der Waals surface area contributed by atoms with Crippen molar-refractivity contribution in [1.82, 2.24) is 5.32 Å². The molecular formula is C13H17BrFN. The number of hydrogen-bond acceptors (Lipinski definition) is 1. The molecule has 2 atom stereocenters. The SMILES string of the molecule is CC1(F)CCNCC1Cc1ccccc1Br. The molecule has 1 nitrogen and oxygen atoms in total. The van der Waals surface area contributed by atoms with Gasteiger partial charge in [0.05, 0.1) is 0 Å². The van der Waals surface area contributed by atoms with Crippen molar-refractivity contribution in [3.63, 3.8) is 0 Å². The van der Waals surface area contributed by atoms with Crippen molar-refractivity contribution in [2.24, 2.45) is 5.92 Å². The Balaban J connectivity index is 2.12. The second-order valence-electron chi connectivity index (χ2n) is 4.72. The number of alkyl halides is 1. The highest BCUT2D eigenvalue weighted by atomic mass is 79.9. The van der Waals surface area contributed by atoms with Crippen LogP contribution in [0.2, 0.25) is 0 Å². The summed E-state index contributed by atoms with van der Waals surface area (Å²) in [7, 11) is 0. The third kappa shape index (κ3) is 2.64. The molecule has 0 bridgehead atoms. The number of halogens is 2. The van der Waals surface area contributed by atoms with Crippen LogP contribution in [0.15, 0.2) is 28.7 Å². The molecule has 1 aromatic rings. The number of rotatable bonds is 2. The minimum atomic E-state index is -1.04. The summed E-state index contributed by atoms with van der Waals surface area (Å²) in [5, 5.41) is 3.27. The van der Waals surface area contributed by atoms with Gasteiger partial charge < -0.3 is 5.32 Å². The Morgan fingerprint density at radius 2 is 2.25 bits per heavy atom. The molecule has 0 radical (unpaired) electrons. The summed E-state index contributed by atoms with van der Waals surface area (Å²) >= 11 is 3.52. The molecule has 0 spiro atoms. The van der Waals surface area contributed by atoms with E-state index in [9.17, 15) is 4.39 Å². The predicted molar refractivity (Wildman–Crippen MR) is 68.3 cm³/mol. The number of piperidine rings is 1. The summed E-state index contributed by atoms with van der Waals surface area (Å²) in [6, 6.07) is 8.07. The van der Waals surface area contributed by atoms with E-state index in [1.54, 1.807) is 6.92 Å². The van der Waals surface area contributed by atoms with Gasteiger partial charge in [0.1, 0.15) is 5.67 Å². The topological polar surface area (TPSA) is 12.0 Å². The lowest BCUT2D eigenvalue weighted by Crippen LogP contribution is -2.46. The Bertz CT molecular complexity index is 365.